The molecule has 2 fully saturated rings. The van der Waals surface area contributed by atoms with Crippen LogP contribution in [0, 0.1) is 0 Å². The lowest BCUT2D eigenvalue weighted by Gasteiger charge is -2.36. The van der Waals surface area contributed by atoms with E-state index in [0.29, 0.717) is 5.02 Å². The molecule has 1 heterocycles. The second-order valence-electron chi connectivity index (χ2n) is 5.77. The van der Waals surface area contributed by atoms with Gasteiger partial charge in [-0.1, -0.05) is 36.6 Å². The van der Waals surface area contributed by atoms with Gasteiger partial charge in [-0.3, -0.25) is 19.4 Å². The summed E-state index contributed by atoms with van der Waals surface area (Å²) in [5.74, 6) is -0.812. The average Bonchev–Trinajstić information content (AvgIpc) is 2.97. The molecule has 1 aromatic rings. The van der Waals surface area contributed by atoms with E-state index in [1.165, 1.54) is 4.90 Å². The molecule has 1 aliphatic heterocycles. The van der Waals surface area contributed by atoms with Gasteiger partial charge in [0.1, 0.15) is 6.42 Å². The maximum atomic E-state index is 12.6. The molecule has 0 bridgehead atoms. The second kappa shape index (κ2) is 6.08. The van der Waals surface area contributed by atoms with Crippen LogP contribution in [0.15, 0.2) is 24.3 Å². The number of rotatable bonds is 3. The van der Waals surface area contributed by atoms with Gasteiger partial charge >= 0.3 is 6.03 Å². The van der Waals surface area contributed by atoms with Gasteiger partial charge in [0.2, 0.25) is 11.8 Å². The molecule has 1 aromatic carbocycles. The minimum absolute atomic E-state index is 0.0602. The highest BCUT2D eigenvalue weighted by atomic mass is 35.5. The van der Waals surface area contributed by atoms with Crippen molar-refractivity contribution in [2.45, 2.75) is 44.7 Å². The topological polar surface area (TPSA) is 57.7 Å². The zero-order chi connectivity index (χ0) is 15.7. The molecule has 116 valence electrons. The first-order chi connectivity index (χ1) is 10.6. The van der Waals surface area contributed by atoms with Gasteiger partial charge < -0.3 is 0 Å². The molecule has 6 heteroatoms. The summed E-state index contributed by atoms with van der Waals surface area (Å²) < 4.78 is 0. The van der Waals surface area contributed by atoms with E-state index in [0.717, 1.165) is 36.1 Å². The lowest BCUT2D eigenvalue weighted by molar-refractivity contribution is -0.144. The number of benzene rings is 1. The van der Waals surface area contributed by atoms with Crippen molar-refractivity contribution < 1.29 is 14.4 Å². The third kappa shape index (κ3) is 2.86. The predicted molar refractivity (Wildman–Crippen MR) is 81.1 cm³/mol. The quantitative estimate of drug-likeness (QED) is 0.804. The second-order valence-corrected chi connectivity index (χ2v) is 6.21. The molecule has 2 aliphatic rings. The Morgan fingerprint density at radius 1 is 1.09 bits per heavy atom. The summed E-state index contributed by atoms with van der Waals surface area (Å²) in [4.78, 5) is 39.2. The summed E-state index contributed by atoms with van der Waals surface area (Å²) in [6.07, 6.45) is 3.46. The molecular formula is C16H17ClN2O3. The van der Waals surface area contributed by atoms with Crippen LogP contribution in [0.3, 0.4) is 0 Å². The molecule has 0 atom stereocenters. The Balaban J connectivity index is 1.81. The molecule has 0 radical (unpaired) electrons. The zero-order valence-electron chi connectivity index (χ0n) is 12.1. The van der Waals surface area contributed by atoms with E-state index < -0.39 is 11.9 Å². The number of carbonyl (C=O) groups is 3. The van der Waals surface area contributed by atoms with Gasteiger partial charge in [0.15, 0.2) is 0 Å². The van der Waals surface area contributed by atoms with Crippen molar-refractivity contribution in [3.8, 4) is 0 Å². The number of hydrogen-bond acceptors (Lipinski definition) is 3. The lowest BCUT2D eigenvalue weighted by atomic mass is 10.1. The molecule has 0 unspecified atom stereocenters. The minimum Gasteiger partial charge on any atom is -0.274 e. The van der Waals surface area contributed by atoms with Gasteiger partial charge in [0.25, 0.3) is 0 Å². The van der Waals surface area contributed by atoms with Gasteiger partial charge in [-0.05, 0) is 30.5 Å². The molecule has 1 aliphatic carbocycles. The minimum atomic E-state index is -0.492. The number of hydrogen-bond donors (Lipinski definition) is 0. The molecular weight excluding hydrogens is 304 g/mol. The first kappa shape index (κ1) is 15.0. The summed E-state index contributed by atoms with van der Waals surface area (Å²) in [7, 11) is 0. The molecule has 0 N–H and O–H groups in total. The monoisotopic (exact) mass is 320 g/mol. The lowest BCUT2D eigenvalue weighted by Crippen LogP contribution is -2.57. The van der Waals surface area contributed by atoms with Gasteiger partial charge in [0, 0.05) is 11.1 Å². The maximum Gasteiger partial charge on any atom is 0.333 e. The fraction of sp³-hybridized carbons (Fsp3) is 0.438. The number of urea groups is 1. The van der Waals surface area contributed by atoms with Crippen LogP contribution in [0.5, 0.6) is 0 Å². The SMILES string of the molecule is O=C1CC(=O)N(C2CCCC2)C(=O)N1Cc1cccc(Cl)c1. The number of carbonyl (C=O) groups excluding carboxylic acids is 3. The zero-order valence-corrected chi connectivity index (χ0v) is 12.9. The van der Waals surface area contributed by atoms with Crippen molar-refractivity contribution in [1.82, 2.24) is 9.80 Å². The van der Waals surface area contributed by atoms with Crippen molar-refractivity contribution in [2.24, 2.45) is 0 Å². The van der Waals surface area contributed by atoms with Crippen LogP contribution in [0.25, 0.3) is 0 Å². The first-order valence-electron chi connectivity index (χ1n) is 7.47. The number of imide groups is 2. The molecule has 0 spiro atoms. The van der Waals surface area contributed by atoms with E-state index >= 15 is 0 Å². The Morgan fingerprint density at radius 2 is 1.82 bits per heavy atom. The standard InChI is InChI=1S/C16H17ClN2O3/c17-12-5-3-4-11(8-12)10-18-14(20)9-15(21)19(16(18)22)13-6-1-2-7-13/h3-5,8,13H,1-2,6-7,9-10H2. The Bertz CT molecular complexity index is 626. The molecule has 0 aromatic heterocycles. The van der Waals surface area contributed by atoms with Crippen molar-refractivity contribution in [1.29, 1.82) is 0 Å². The van der Waals surface area contributed by atoms with Crippen LogP contribution in [0.1, 0.15) is 37.7 Å². The Morgan fingerprint density at radius 3 is 2.50 bits per heavy atom. The van der Waals surface area contributed by atoms with Crippen molar-refractivity contribution in [3.63, 3.8) is 0 Å². The smallest absolute Gasteiger partial charge is 0.274 e. The molecule has 5 nitrogen and oxygen atoms in total. The van der Waals surface area contributed by atoms with E-state index in [1.54, 1.807) is 18.2 Å². The Labute approximate surface area is 133 Å². The molecule has 3 rings (SSSR count). The van der Waals surface area contributed by atoms with E-state index in [1.807, 2.05) is 6.07 Å². The van der Waals surface area contributed by atoms with Crippen LogP contribution in [-0.2, 0) is 16.1 Å². The molecule has 1 saturated carbocycles. The molecule has 4 amide bonds. The van der Waals surface area contributed by atoms with Gasteiger partial charge in [-0.25, -0.2) is 4.79 Å². The Kier molecular flexibility index (Phi) is 4.16. The van der Waals surface area contributed by atoms with E-state index in [-0.39, 0.29) is 24.9 Å². The van der Waals surface area contributed by atoms with Crippen LogP contribution >= 0.6 is 11.6 Å². The first-order valence-corrected chi connectivity index (χ1v) is 7.85. The van der Waals surface area contributed by atoms with E-state index in [4.69, 9.17) is 11.6 Å². The highest BCUT2D eigenvalue weighted by Crippen LogP contribution is 2.28. The third-order valence-corrected chi connectivity index (χ3v) is 4.46. The maximum absolute atomic E-state index is 12.6. The van der Waals surface area contributed by atoms with E-state index in [2.05, 4.69) is 0 Å². The summed E-state index contributed by atoms with van der Waals surface area (Å²) in [5, 5.41) is 0.554. The predicted octanol–water partition coefficient (Wildman–Crippen LogP) is 2.96. The van der Waals surface area contributed by atoms with Gasteiger partial charge in [-0.2, -0.15) is 0 Å². The van der Waals surface area contributed by atoms with Gasteiger partial charge in [0.05, 0.1) is 6.54 Å². The summed E-state index contributed by atoms with van der Waals surface area (Å²) in [6, 6.07) is 6.49. The van der Waals surface area contributed by atoms with E-state index in [9.17, 15) is 14.4 Å². The highest BCUT2D eigenvalue weighted by Gasteiger charge is 2.42. The van der Waals surface area contributed by atoms with Gasteiger partial charge in [-0.15, -0.1) is 0 Å². The normalized spacial score (nSPS) is 20.1. The van der Waals surface area contributed by atoms with Crippen LogP contribution in [0.4, 0.5) is 4.79 Å². The van der Waals surface area contributed by atoms with Crippen LogP contribution in [0.2, 0.25) is 5.02 Å². The number of nitrogens with zero attached hydrogens (tertiary/aromatic N) is 2. The number of halogens is 1. The summed E-state index contributed by atoms with van der Waals surface area (Å²) in [5.41, 5.74) is 0.773. The fourth-order valence-electron chi connectivity index (χ4n) is 3.15. The number of amides is 4. The highest BCUT2D eigenvalue weighted by molar-refractivity contribution is 6.30. The fourth-order valence-corrected chi connectivity index (χ4v) is 3.36. The van der Waals surface area contributed by atoms with Crippen LogP contribution < -0.4 is 0 Å². The van der Waals surface area contributed by atoms with Crippen molar-refractivity contribution >= 4 is 29.4 Å². The average molecular weight is 321 g/mol. The Hall–Kier alpha value is -1.88. The summed E-state index contributed by atoms with van der Waals surface area (Å²) >= 11 is 5.94. The summed E-state index contributed by atoms with van der Waals surface area (Å²) in [6.45, 7) is 0.148. The number of barbiturate groups is 1. The molecule has 22 heavy (non-hydrogen) atoms. The van der Waals surface area contributed by atoms with Crippen molar-refractivity contribution in [3.05, 3.63) is 34.9 Å². The third-order valence-electron chi connectivity index (χ3n) is 4.23. The molecule has 1 saturated heterocycles. The van der Waals surface area contributed by atoms with Crippen LogP contribution in [-0.4, -0.2) is 33.7 Å². The largest absolute Gasteiger partial charge is 0.333 e. The van der Waals surface area contributed by atoms with Crippen molar-refractivity contribution in [2.75, 3.05) is 0 Å².